The zero-order chi connectivity index (χ0) is 24.4. The molecule has 3 N–H and O–H groups in total. The van der Waals surface area contributed by atoms with Crippen molar-refractivity contribution in [1.82, 2.24) is 4.98 Å². The number of anilines is 1. The van der Waals surface area contributed by atoms with E-state index in [1.165, 1.54) is 12.1 Å². The van der Waals surface area contributed by atoms with Crippen molar-refractivity contribution in [3.8, 4) is 11.5 Å². The number of carbonyl (C=O) groups excluding carboxylic acids is 2. The Balaban J connectivity index is 1.95. The Hall–Kier alpha value is -3.88. The molecule has 0 saturated carbocycles. The van der Waals surface area contributed by atoms with Gasteiger partial charge in [0.2, 0.25) is 5.91 Å². The minimum absolute atomic E-state index is 0.0406. The molecule has 3 aromatic rings. The van der Waals surface area contributed by atoms with Crippen LogP contribution in [0.5, 0.6) is 11.5 Å². The molecule has 0 aliphatic carbocycles. The standard InChI is InChI=1S/C24H22F3N3O3/c1-23(2,3)15-7-9-18(22(32)30-16-6-4-5-14(11-16)21(28)31)19(12-15)33-17-8-10-20(29-13-17)24(25,26)27/h4-13H,1-3H3,(H2,28,31)(H,30,32). The van der Waals surface area contributed by atoms with E-state index in [-0.39, 0.29) is 28.0 Å². The Morgan fingerprint density at radius 3 is 2.30 bits per heavy atom. The summed E-state index contributed by atoms with van der Waals surface area (Å²) in [6, 6.07) is 13.1. The smallest absolute Gasteiger partial charge is 0.433 e. The molecule has 0 unspecified atom stereocenters. The van der Waals surface area contributed by atoms with Gasteiger partial charge < -0.3 is 15.8 Å². The third-order valence-corrected chi connectivity index (χ3v) is 4.75. The van der Waals surface area contributed by atoms with E-state index in [2.05, 4.69) is 10.3 Å². The quantitative estimate of drug-likeness (QED) is 0.526. The highest BCUT2D eigenvalue weighted by Gasteiger charge is 2.32. The number of halogens is 3. The van der Waals surface area contributed by atoms with Crippen LogP contribution >= 0.6 is 0 Å². The molecule has 2 amide bonds. The summed E-state index contributed by atoms with van der Waals surface area (Å²) >= 11 is 0. The number of pyridine rings is 1. The number of amides is 2. The minimum atomic E-state index is -4.57. The first-order chi connectivity index (χ1) is 15.3. The Morgan fingerprint density at radius 2 is 1.73 bits per heavy atom. The van der Waals surface area contributed by atoms with Crippen molar-refractivity contribution < 1.29 is 27.5 Å². The van der Waals surface area contributed by atoms with Crippen LogP contribution in [0.15, 0.2) is 60.8 Å². The van der Waals surface area contributed by atoms with Crippen molar-refractivity contribution in [2.75, 3.05) is 5.32 Å². The molecule has 0 bridgehead atoms. The maximum atomic E-state index is 13.0. The number of nitrogens with one attached hydrogen (secondary N) is 1. The van der Waals surface area contributed by atoms with Crippen molar-refractivity contribution >= 4 is 17.5 Å². The fourth-order valence-corrected chi connectivity index (χ4v) is 2.94. The molecule has 9 heteroatoms. The molecule has 1 heterocycles. The first kappa shape index (κ1) is 23.8. The number of hydrogen-bond acceptors (Lipinski definition) is 4. The first-order valence-electron chi connectivity index (χ1n) is 9.91. The zero-order valence-corrected chi connectivity index (χ0v) is 18.2. The van der Waals surface area contributed by atoms with Crippen LogP contribution in [0, 0.1) is 0 Å². The number of alkyl halides is 3. The topological polar surface area (TPSA) is 94.3 Å². The highest BCUT2D eigenvalue weighted by atomic mass is 19.4. The number of nitrogens with zero attached hydrogens (tertiary/aromatic N) is 1. The van der Waals surface area contributed by atoms with Crippen LogP contribution < -0.4 is 15.8 Å². The summed E-state index contributed by atoms with van der Waals surface area (Å²) in [5.74, 6) is -0.988. The van der Waals surface area contributed by atoms with Gasteiger partial charge >= 0.3 is 6.18 Å². The number of ether oxygens (including phenoxy) is 1. The molecule has 0 saturated heterocycles. The fraction of sp³-hybridized carbons (Fsp3) is 0.208. The number of hydrogen-bond donors (Lipinski definition) is 2. The highest BCUT2D eigenvalue weighted by Crippen LogP contribution is 2.33. The summed E-state index contributed by atoms with van der Waals surface area (Å²) in [6.07, 6.45) is -3.63. The van der Waals surface area contributed by atoms with Crippen molar-refractivity contribution in [2.24, 2.45) is 5.73 Å². The van der Waals surface area contributed by atoms with E-state index in [1.807, 2.05) is 20.8 Å². The minimum Gasteiger partial charge on any atom is -0.455 e. The van der Waals surface area contributed by atoms with Crippen molar-refractivity contribution in [1.29, 1.82) is 0 Å². The lowest BCUT2D eigenvalue weighted by Crippen LogP contribution is -2.16. The van der Waals surface area contributed by atoms with Crippen molar-refractivity contribution in [2.45, 2.75) is 32.4 Å². The van der Waals surface area contributed by atoms with Crippen molar-refractivity contribution in [3.05, 3.63) is 83.2 Å². The summed E-state index contributed by atoms with van der Waals surface area (Å²) in [7, 11) is 0. The number of aromatic nitrogens is 1. The predicted molar refractivity (Wildman–Crippen MR) is 117 cm³/mol. The number of nitrogens with two attached hydrogens (primary N) is 1. The van der Waals surface area contributed by atoms with Crippen LogP contribution in [0.25, 0.3) is 0 Å². The lowest BCUT2D eigenvalue weighted by molar-refractivity contribution is -0.141. The van der Waals surface area contributed by atoms with E-state index in [1.54, 1.807) is 30.3 Å². The molecule has 0 atom stereocenters. The molecule has 0 fully saturated rings. The average molecular weight is 457 g/mol. The van der Waals surface area contributed by atoms with E-state index in [0.29, 0.717) is 5.69 Å². The Morgan fingerprint density at radius 1 is 1.00 bits per heavy atom. The van der Waals surface area contributed by atoms with Crippen LogP contribution in [0.2, 0.25) is 0 Å². The Kier molecular flexibility index (Phi) is 6.44. The maximum absolute atomic E-state index is 13.0. The maximum Gasteiger partial charge on any atom is 0.433 e. The second-order valence-electron chi connectivity index (χ2n) is 8.34. The van der Waals surface area contributed by atoms with Gasteiger partial charge in [0.15, 0.2) is 0 Å². The Bertz CT molecular complexity index is 1180. The summed E-state index contributed by atoms with van der Waals surface area (Å²) in [6.45, 7) is 5.92. The van der Waals surface area contributed by atoms with Gasteiger partial charge in [0, 0.05) is 11.3 Å². The van der Waals surface area contributed by atoms with Gasteiger partial charge in [-0.3, -0.25) is 9.59 Å². The summed E-state index contributed by atoms with van der Waals surface area (Å²) in [5, 5.41) is 2.68. The van der Waals surface area contributed by atoms with E-state index in [0.717, 1.165) is 23.9 Å². The summed E-state index contributed by atoms with van der Waals surface area (Å²) in [5.41, 5.74) is 5.52. The monoisotopic (exact) mass is 457 g/mol. The van der Waals surface area contributed by atoms with Gasteiger partial charge in [-0.2, -0.15) is 13.2 Å². The van der Waals surface area contributed by atoms with Crippen molar-refractivity contribution in [3.63, 3.8) is 0 Å². The molecular formula is C24H22F3N3O3. The molecule has 1 aromatic heterocycles. The van der Waals surface area contributed by atoms with Gasteiger partial charge in [0.1, 0.15) is 17.2 Å². The predicted octanol–water partition coefficient (Wildman–Crippen LogP) is 5.54. The van der Waals surface area contributed by atoms with E-state index in [9.17, 15) is 22.8 Å². The molecule has 0 aliphatic heterocycles. The number of rotatable bonds is 5. The highest BCUT2D eigenvalue weighted by molar-refractivity contribution is 6.07. The molecule has 6 nitrogen and oxygen atoms in total. The fourth-order valence-electron chi connectivity index (χ4n) is 2.94. The second kappa shape index (κ2) is 8.93. The second-order valence-corrected chi connectivity index (χ2v) is 8.34. The molecule has 33 heavy (non-hydrogen) atoms. The molecule has 3 rings (SSSR count). The summed E-state index contributed by atoms with van der Waals surface area (Å²) in [4.78, 5) is 27.8. The molecule has 2 aromatic carbocycles. The van der Waals surface area contributed by atoms with Crippen LogP contribution in [0.1, 0.15) is 52.7 Å². The van der Waals surface area contributed by atoms with Crippen LogP contribution in [0.3, 0.4) is 0 Å². The van der Waals surface area contributed by atoms with Gasteiger partial charge in [-0.1, -0.05) is 32.9 Å². The third-order valence-electron chi connectivity index (χ3n) is 4.75. The SMILES string of the molecule is CC(C)(C)c1ccc(C(=O)Nc2cccc(C(N)=O)c2)c(Oc2ccc(C(F)(F)F)nc2)c1. The van der Waals surface area contributed by atoms with Gasteiger partial charge in [-0.15, -0.1) is 0 Å². The summed E-state index contributed by atoms with van der Waals surface area (Å²) < 4.78 is 44.2. The molecule has 0 aliphatic rings. The average Bonchev–Trinajstić information content (AvgIpc) is 2.73. The lowest BCUT2D eigenvalue weighted by Gasteiger charge is -2.21. The number of primary amides is 1. The first-order valence-corrected chi connectivity index (χ1v) is 9.91. The van der Waals surface area contributed by atoms with Crippen LogP contribution in [0.4, 0.5) is 18.9 Å². The normalized spacial score (nSPS) is 11.7. The van der Waals surface area contributed by atoms with Crippen LogP contribution in [-0.2, 0) is 11.6 Å². The van der Waals surface area contributed by atoms with E-state index in [4.69, 9.17) is 10.5 Å². The van der Waals surface area contributed by atoms with E-state index < -0.39 is 23.7 Å². The van der Waals surface area contributed by atoms with Gasteiger partial charge in [-0.05, 0) is 53.4 Å². The lowest BCUT2D eigenvalue weighted by atomic mass is 9.86. The largest absolute Gasteiger partial charge is 0.455 e. The van der Waals surface area contributed by atoms with Gasteiger partial charge in [-0.25, -0.2) is 4.98 Å². The van der Waals surface area contributed by atoms with Gasteiger partial charge in [0.25, 0.3) is 5.91 Å². The molecule has 172 valence electrons. The van der Waals surface area contributed by atoms with Crippen LogP contribution in [-0.4, -0.2) is 16.8 Å². The Labute approximate surface area is 188 Å². The molecular weight excluding hydrogens is 435 g/mol. The van der Waals surface area contributed by atoms with Gasteiger partial charge in [0.05, 0.1) is 11.8 Å². The van der Waals surface area contributed by atoms with E-state index >= 15 is 0 Å². The number of benzene rings is 2. The third kappa shape index (κ3) is 5.88. The molecule has 0 spiro atoms. The molecule has 0 radical (unpaired) electrons. The number of carbonyl (C=O) groups is 2. The zero-order valence-electron chi connectivity index (χ0n) is 18.2.